The van der Waals surface area contributed by atoms with Gasteiger partial charge in [0.05, 0.1) is 19.9 Å². The second-order valence-corrected chi connectivity index (χ2v) is 4.43. The topological polar surface area (TPSA) is 55.8 Å². The summed E-state index contributed by atoms with van der Waals surface area (Å²) in [5.41, 5.74) is 1.31. The molecule has 1 amide bonds. The van der Waals surface area contributed by atoms with Crippen LogP contribution in [0.1, 0.15) is 18.4 Å². The molecule has 0 bridgehead atoms. The first-order chi connectivity index (χ1) is 9.65. The highest BCUT2D eigenvalue weighted by atomic mass is 16.5. The van der Waals surface area contributed by atoms with E-state index in [1.54, 1.807) is 18.1 Å². The molecule has 0 aromatic heterocycles. The molecule has 1 aromatic rings. The minimum Gasteiger partial charge on any atom is -0.497 e. The summed E-state index contributed by atoms with van der Waals surface area (Å²) < 4.78 is 9.85. The number of carbonyl (C=O) groups is 2. The molecular formula is C15H17NO4. The molecule has 1 fully saturated rings. The van der Waals surface area contributed by atoms with E-state index in [4.69, 9.17) is 4.74 Å². The number of carbonyl (C=O) groups excluding carboxylic acids is 2. The fraction of sp³-hybridized carbons (Fsp3) is 0.333. The molecule has 5 heteroatoms. The van der Waals surface area contributed by atoms with Gasteiger partial charge < -0.3 is 14.4 Å². The number of hydrogen-bond donors (Lipinski definition) is 0. The normalized spacial score (nSPS) is 15.4. The average molecular weight is 275 g/mol. The Kier molecular flexibility index (Phi) is 4.40. The monoisotopic (exact) mass is 275 g/mol. The maximum absolute atomic E-state index is 11.9. The largest absolute Gasteiger partial charge is 0.497 e. The van der Waals surface area contributed by atoms with Crippen LogP contribution in [-0.2, 0) is 14.3 Å². The number of rotatable bonds is 4. The van der Waals surface area contributed by atoms with Crippen molar-refractivity contribution < 1.29 is 19.1 Å². The van der Waals surface area contributed by atoms with E-state index in [0.29, 0.717) is 24.4 Å². The van der Waals surface area contributed by atoms with Gasteiger partial charge in [-0.05, 0) is 18.6 Å². The van der Waals surface area contributed by atoms with E-state index in [0.717, 1.165) is 12.0 Å². The van der Waals surface area contributed by atoms with Crippen LogP contribution in [0.15, 0.2) is 30.3 Å². The summed E-state index contributed by atoms with van der Waals surface area (Å²) in [5.74, 6) is 0.204. The van der Waals surface area contributed by atoms with E-state index in [1.165, 1.54) is 13.2 Å². The minimum atomic E-state index is -0.484. The van der Waals surface area contributed by atoms with Crippen molar-refractivity contribution >= 4 is 17.6 Å². The molecule has 5 nitrogen and oxygen atoms in total. The standard InChI is InChI=1S/C15H17NO4/c1-19-12-6-3-5-11(9-12)13(10-15(18)20-2)16-8-4-7-14(16)17/h3,5-6,9-10H,4,7-8H2,1-2H3/b13-10-. The molecule has 106 valence electrons. The molecule has 1 heterocycles. The Morgan fingerprint density at radius 3 is 2.75 bits per heavy atom. The molecule has 1 aliphatic rings. The second-order valence-electron chi connectivity index (χ2n) is 4.43. The van der Waals surface area contributed by atoms with Gasteiger partial charge >= 0.3 is 5.97 Å². The van der Waals surface area contributed by atoms with Crippen LogP contribution in [0.5, 0.6) is 5.75 Å². The first-order valence-electron chi connectivity index (χ1n) is 6.40. The molecule has 2 rings (SSSR count). The lowest BCUT2D eigenvalue weighted by Gasteiger charge is -2.20. The van der Waals surface area contributed by atoms with E-state index in [-0.39, 0.29) is 5.91 Å². The number of nitrogens with zero attached hydrogens (tertiary/aromatic N) is 1. The first kappa shape index (κ1) is 14.1. The number of amides is 1. The smallest absolute Gasteiger partial charge is 0.332 e. The van der Waals surface area contributed by atoms with Crippen LogP contribution in [0.3, 0.4) is 0 Å². The van der Waals surface area contributed by atoms with E-state index < -0.39 is 5.97 Å². The Labute approximate surface area is 117 Å². The summed E-state index contributed by atoms with van der Waals surface area (Å²) in [7, 11) is 2.89. The SMILES string of the molecule is COC(=O)/C=C(/c1cccc(OC)c1)N1CCCC1=O. The van der Waals surface area contributed by atoms with Crippen LogP contribution >= 0.6 is 0 Å². The molecular weight excluding hydrogens is 258 g/mol. The van der Waals surface area contributed by atoms with Crippen molar-refractivity contribution in [2.24, 2.45) is 0 Å². The molecule has 0 radical (unpaired) electrons. The van der Waals surface area contributed by atoms with Crippen molar-refractivity contribution in [2.75, 3.05) is 20.8 Å². The Bertz CT molecular complexity index is 551. The third-order valence-corrected chi connectivity index (χ3v) is 3.19. The zero-order chi connectivity index (χ0) is 14.5. The Hall–Kier alpha value is -2.30. The van der Waals surface area contributed by atoms with Gasteiger partial charge in [-0.2, -0.15) is 0 Å². The fourth-order valence-electron chi connectivity index (χ4n) is 2.17. The van der Waals surface area contributed by atoms with Crippen molar-refractivity contribution in [3.63, 3.8) is 0 Å². The maximum atomic E-state index is 11.9. The van der Waals surface area contributed by atoms with Crippen LogP contribution in [0.25, 0.3) is 5.70 Å². The lowest BCUT2D eigenvalue weighted by molar-refractivity contribution is -0.134. The van der Waals surface area contributed by atoms with Crippen LogP contribution < -0.4 is 4.74 Å². The molecule has 1 saturated heterocycles. The fourth-order valence-corrected chi connectivity index (χ4v) is 2.17. The van der Waals surface area contributed by atoms with Gasteiger partial charge in [0.15, 0.2) is 0 Å². The number of methoxy groups -OCH3 is 2. The van der Waals surface area contributed by atoms with E-state index >= 15 is 0 Å². The third kappa shape index (κ3) is 2.99. The summed E-state index contributed by atoms with van der Waals surface area (Å²) in [5, 5.41) is 0. The molecule has 0 unspecified atom stereocenters. The summed E-state index contributed by atoms with van der Waals surface area (Å²) >= 11 is 0. The zero-order valence-electron chi connectivity index (χ0n) is 11.6. The highest BCUT2D eigenvalue weighted by Gasteiger charge is 2.25. The van der Waals surface area contributed by atoms with Gasteiger partial charge in [-0.3, -0.25) is 4.79 Å². The number of hydrogen-bond acceptors (Lipinski definition) is 4. The highest BCUT2D eigenvalue weighted by Crippen LogP contribution is 2.27. The highest BCUT2D eigenvalue weighted by molar-refractivity contribution is 5.96. The van der Waals surface area contributed by atoms with Crippen molar-refractivity contribution in [1.29, 1.82) is 0 Å². The van der Waals surface area contributed by atoms with E-state index in [9.17, 15) is 9.59 Å². The summed E-state index contributed by atoms with van der Waals surface area (Å²) in [6, 6.07) is 7.26. The summed E-state index contributed by atoms with van der Waals surface area (Å²) in [4.78, 5) is 25.1. The lowest BCUT2D eigenvalue weighted by atomic mass is 10.1. The van der Waals surface area contributed by atoms with Crippen molar-refractivity contribution in [1.82, 2.24) is 4.90 Å². The summed E-state index contributed by atoms with van der Waals surface area (Å²) in [6.45, 7) is 0.610. The van der Waals surface area contributed by atoms with Crippen LogP contribution in [0.2, 0.25) is 0 Å². The van der Waals surface area contributed by atoms with Gasteiger partial charge in [-0.1, -0.05) is 12.1 Å². The predicted octanol–water partition coefficient (Wildman–Crippen LogP) is 1.83. The number of benzene rings is 1. The average Bonchev–Trinajstić information content (AvgIpc) is 2.90. The van der Waals surface area contributed by atoms with Gasteiger partial charge in [0.1, 0.15) is 5.75 Å². The molecule has 0 saturated carbocycles. The molecule has 0 spiro atoms. The molecule has 0 aliphatic carbocycles. The van der Waals surface area contributed by atoms with Gasteiger partial charge in [0.25, 0.3) is 0 Å². The molecule has 20 heavy (non-hydrogen) atoms. The van der Waals surface area contributed by atoms with Gasteiger partial charge in [-0.15, -0.1) is 0 Å². The van der Waals surface area contributed by atoms with E-state index in [1.807, 2.05) is 18.2 Å². The van der Waals surface area contributed by atoms with Crippen LogP contribution in [-0.4, -0.2) is 37.5 Å². The Morgan fingerprint density at radius 2 is 2.15 bits per heavy atom. The number of likely N-dealkylation sites (tertiary alicyclic amines) is 1. The van der Waals surface area contributed by atoms with E-state index in [2.05, 4.69) is 4.74 Å². The lowest BCUT2D eigenvalue weighted by Crippen LogP contribution is -2.23. The Morgan fingerprint density at radius 1 is 1.35 bits per heavy atom. The van der Waals surface area contributed by atoms with Gasteiger partial charge in [0, 0.05) is 24.6 Å². The Balaban J connectivity index is 2.42. The van der Waals surface area contributed by atoms with Gasteiger partial charge in [0.2, 0.25) is 5.91 Å². The minimum absolute atomic E-state index is 0.0166. The van der Waals surface area contributed by atoms with Crippen LogP contribution in [0.4, 0.5) is 0 Å². The zero-order valence-corrected chi connectivity index (χ0v) is 11.6. The van der Waals surface area contributed by atoms with Crippen molar-refractivity contribution in [2.45, 2.75) is 12.8 Å². The summed E-state index contributed by atoms with van der Waals surface area (Å²) in [6.07, 6.45) is 2.64. The van der Waals surface area contributed by atoms with Gasteiger partial charge in [-0.25, -0.2) is 4.79 Å². The predicted molar refractivity (Wildman–Crippen MR) is 73.9 cm³/mol. The molecule has 1 aliphatic heterocycles. The van der Waals surface area contributed by atoms with Crippen LogP contribution in [0, 0.1) is 0 Å². The quantitative estimate of drug-likeness (QED) is 0.621. The third-order valence-electron chi connectivity index (χ3n) is 3.19. The molecule has 1 aromatic carbocycles. The number of ether oxygens (including phenoxy) is 2. The second kappa shape index (κ2) is 6.23. The van der Waals surface area contributed by atoms with Crippen molar-refractivity contribution in [3.05, 3.63) is 35.9 Å². The molecule has 0 N–H and O–H groups in total. The number of esters is 1. The van der Waals surface area contributed by atoms with Crippen molar-refractivity contribution in [3.8, 4) is 5.75 Å². The molecule has 0 atom stereocenters. The maximum Gasteiger partial charge on any atom is 0.332 e. The first-order valence-corrected chi connectivity index (χ1v) is 6.40.